The highest BCUT2D eigenvalue weighted by Gasteiger charge is 2.31. The van der Waals surface area contributed by atoms with Crippen LogP contribution in [0, 0.1) is 0 Å². The molecule has 1 saturated heterocycles. The van der Waals surface area contributed by atoms with Crippen LogP contribution in [-0.4, -0.2) is 38.4 Å². The van der Waals surface area contributed by atoms with Gasteiger partial charge in [-0.3, -0.25) is 4.79 Å². The Morgan fingerprint density at radius 2 is 1.92 bits per heavy atom. The summed E-state index contributed by atoms with van der Waals surface area (Å²) in [7, 11) is 1.59. The highest BCUT2D eigenvalue weighted by molar-refractivity contribution is 6.33. The summed E-state index contributed by atoms with van der Waals surface area (Å²) in [5.74, 6) is -0.179. The van der Waals surface area contributed by atoms with Crippen LogP contribution in [0.15, 0.2) is 57.9 Å². The predicted octanol–water partition coefficient (Wildman–Crippen LogP) is 3.31. The van der Waals surface area contributed by atoms with Gasteiger partial charge in [-0.15, -0.1) is 0 Å². The summed E-state index contributed by atoms with van der Waals surface area (Å²) >= 11 is 0. The summed E-state index contributed by atoms with van der Waals surface area (Å²) in [6, 6.07) is 10.0. The highest BCUT2D eigenvalue weighted by atomic mass is 16.5. The third-order valence-electron chi connectivity index (χ3n) is 4.66. The first kappa shape index (κ1) is 16.6. The second-order valence-electron chi connectivity index (χ2n) is 6.42. The Kier molecular flexibility index (Phi) is 4.58. The van der Waals surface area contributed by atoms with Crippen molar-refractivity contribution >= 4 is 29.1 Å². The Morgan fingerprint density at radius 3 is 2.58 bits per heavy atom. The monoisotopic (exact) mass is 351 g/mol. The Labute approximate surface area is 152 Å². The molecule has 0 unspecified atom stereocenters. The predicted molar refractivity (Wildman–Crippen MR) is 101 cm³/mol. The van der Waals surface area contributed by atoms with Gasteiger partial charge >= 0.3 is 0 Å². The second kappa shape index (κ2) is 7.17. The molecular weight excluding hydrogens is 330 g/mol. The van der Waals surface area contributed by atoms with E-state index in [4.69, 9.17) is 9.15 Å². The molecule has 3 heterocycles. The summed E-state index contributed by atoms with van der Waals surface area (Å²) < 4.78 is 10.3. The van der Waals surface area contributed by atoms with Crippen LogP contribution in [0.1, 0.15) is 18.4 Å². The molecule has 0 bridgehead atoms. The fourth-order valence-corrected chi connectivity index (χ4v) is 3.32. The third kappa shape index (κ3) is 3.15. The molecule has 4 rings (SSSR count). The summed E-state index contributed by atoms with van der Waals surface area (Å²) in [5, 5.41) is 5.75. The van der Waals surface area contributed by atoms with Gasteiger partial charge in [0.1, 0.15) is 12.0 Å². The number of hydrazone groups is 1. The van der Waals surface area contributed by atoms with Crippen LogP contribution in [0.4, 0.5) is 11.4 Å². The van der Waals surface area contributed by atoms with Crippen LogP contribution in [0.25, 0.3) is 6.08 Å². The van der Waals surface area contributed by atoms with Crippen LogP contribution in [0.2, 0.25) is 0 Å². The minimum atomic E-state index is -0.179. The number of anilines is 2. The van der Waals surface area contributed by atoms with E-state index < -0.39 is 0 Å². The molecule has 1 amide bonds. The van der Waals surface area contributed by atoms with Gasteiger partial charge in [0, 0.05) is 32.0 Å². The van der Waals surface area contributed by atoms with E-state index in [9.17, 15) is 4.79 Å². The number of hydrogen-bond donors (Lipinski definition) is 0. The Balaban J connectivity index is 1.60. The number of nitrogens with zero attached hydrogens (tertiary/aromatic N) is 3. The smallest absolute Gasteiger partial charge is 0.280 e. The lowest BCUT2D eigenvalue weighted by Crippen LogP contribution is -2.21. The largest absolute Gasteiger partial charge is 0.470 e. The van der Waals surface area contributed by atoms with Crippen LogP contribution in [-0.2, 0) is 9.53 Å². The molecule has 1 aromatic carbocycles. The summed E-state index contributed by atoms with van der Waals surface area (Å²) in [5.41, 5.74) is 3.96. The lowest BCUT2D eigenvalue weighted by atomic mass is 10.1. The van der Waals surface area contributed by atoms with Crippen molar-refractivity contribution in [1.82, 2.24) is 0 Å². The number of ether oxygens (including phenoxy) is 1. The molecule has 0 radical (unpaired) electrons. The van der Waals surface area contributed by atoms with Gasteiger partial charge in [0.2, 0.25) is 0 Å². The zero-order valence-corrected chi connectivity index (χ0v) is 14.7. The van der Waals surface area contributed by atoms with E-state index in [1.54, 1.807) is 13.2 Å². The van der Waals surface area contributed by atoms with E-state index in [0.29, 0.717) is 17.0 Å². The Morgan fingerprint density at radius 1 is 1.15 bits per heavy atom. The maximum absolute atomic E-state index is 12.8. The standard InChI is InChI=1S/C20H21N3O3/c1-25-14-19-18(20(24)23(21-19)17-8-11-26-13-17)12-15-4-6-16(7-5-15)22-9-2-3-10-22/h4-8,11-13H,2-3,9-10,14H2,1H3/b18-12-. The zero-order valence-electron chi connectivity index (χ0n) is 14.7. The lowest BCUT2D eigenvalue weighted by Gasteiger charge is -2.17. The number of rotatable bonds is 5. The summed E-state index contributed by atoms with van der Waals surface area (Å²) in [6.07, 6.45) is 7.39. The summed E-state index contributed by atoms with van der Waals surface area (Å²) in [4.78, 5) is 15.2. The fourth-order valence-electron chi connectivity index (χ4n) is 3.32. The molecule has 1 fully saturated rings. The molecule has 2 aliphatic heterocycles. The topological polar surface area (TPSA) is 58.3 Å². The first-order valence-electron chi connectivity index (χ1n) is 8.76. The highest BCUT2D eigenvalue weighted by Crippen LogP contribution is 2.26. The van der Waals surface area contributed by atoms with E-state index in [1.165, 1.54) is 36.1 Å². The molecule has 0 saturated carbocycles. The van der Waals surface area contributed by atoms with Gasteiger partial charge in [0.05, 0.1) is 24.2 Å². The molecule has 134 valence electrons. The SMILES string of the molecule is COCC1=NN(c2ccoc2)C(=O)/C1=C\c1ccc(N2CCCC2)cc1. The Hall–Kier alpha value is -2.86. The third-order valence-corrected chi connectivity index (χ3v) is 4.66. The average molecular weight is 351 g/mol. The number of amides is 1. The molecular formula is C20H21N3O3. The van der Waals surface area contributed by atoms with Gasteiger partial charge in [-0.1, -0.05) is 12.1 Å². The van der Waals surface area contributed by atoms with E-state index in [-0.39, 0.29) is 12.5 Å². The minimum absolute atomic E-state index is 0.179. The number of carbonyl (C=O) groups is 1. The molecule has 6 nitrogen and oxygen atoms in total. The number of methoxy groups -OCH3 is 1. The first-order chi connectivity index (χ1) is 12.8. The van der Waals surface area contributed by atoms with Crippen molar-refractivity contribution in [2.24, 2.45) is 5.10 Å². The molecule has 1 aromatic heterocycles. The van der Waals surface area contributed by atoms with Crippen molar-refractivity contribution < 1.29 is 13.9 Å². The maximum Gasteiger partial charge on any atom is 0.280 e. The van der Waals surface area contributed by atoms with Gasteiger partial charge in [0.15, 0.2) is 0 Å². The van der Waals surface area contributed by atoms with E-state index >= 15 is 0 Å². The van der Waals surface area contributed by atoms with Crippen LogP contribution < -0.4 is 9.91 Å². The van der Waals surface area contributed by atoms with Crippen molar-refractivity contribution in [2.45, 2.75) is 12.8 Å². The van der Waals surface area contributed by atoms with Crippen molar-refractivity contribution in [3.8, 4) is 0 Å². The van der Waals surface area contributed by atoms with E-state index in [1.807, 2.05) is 18.2 Å². The van der Waals surface area contributed by atoms with Gasteiger partial charge in [-0.05, 0) is 36.6 Å². The van der Waals surface area contributed by atoms with Crippen molar-refractivity contribution in [3.05, 3.63) is 54.0 Å². The van der Waals surface area contributed by atoms with E-state index in [2.05, 4.69) is 22.1 Å². The quantitative estimate of drug-likeness (QED) is 0.776. The number of carbonyl (C=O) groups excluding carboxylic acids is 1. The van der Waals surface area contributed by atoms with Crippen LogP contribution in [0.5, 0.6) is 0 Å². The maximum atomic E-state index is 12.8. The van der Waals surface area contributed by atoms with Crippen molar-refractivity contribution in [2.75, 3.05) is 36.7 Å². The van der Waals surface area contributed by atoms with Gasteiger partial charge < -0.3 is 14.1 Å². The van der Waals surface area contributed by atoms with E-state index in [0.717, 1.165) is 18.7 Å². The first-order valence-corrected chi connectivity index (χ1v) is 8.76. The number of hydrogen-bond acceptors (Lipinski definition) is 5. The number of furan rings is 1. The van der Waals surface area contributed by atoms with Gasteiger partial charge in [0.25, 0.3) is 5.91 Å². The summed E-state index contributed by atoms with van der Waals surface area (Å²) in [6.45, 7) is 2.50. The molecule has 0 spiro atoms. The normalized spacial score (nSPS) is 18.9. The molecule has 2 aliphatic rings. The average Bonchev–Trinajstić information content (AvgIpc) is 3.40. The molecule has 0 aliphatic carbocycles. The molecule has 6 heteroatoms. The van der Waals surface area contributed by atoms with Gasteiger partial charge in [-0.2, -0.15) is 10.1 Å². The lowest BCUT2D eigenvalue weighted by molar-refractivity contribution is -0.114. The van der Waals surface area contributed by atoms with Crippen molar-refractivity contribution in [1.29, 1.82) is 0 Å². The molecule has 26 heavy (non-hydrogen) atoms. The van der Waals surface area contributed by atoms with Crippen molar-refractivity contribution in [3.63, 3.8) is 0 Å². The molecule has 0 atom stereocenters. The second-order valence-corrected chi connectivity index (χ2v) is 6.42. The van der Waals surface area contributed by atoms with Gasteiger partial charge in [-0.25, -0.2) is 0 Å². The fraction of sp³-hybridized carbons (Fsp3) is 0.300. The van der Waals surface area contributed by atoms with Crippen LogP contribution >= 0.6 is 0 Å². The zero-order chi connectivity index (χ0) is 17.9. The Bertz CT molecular complexity index is 832. The molecule has 0 N–H and O–H groups in total. The van der Waals surface area contributed by atoms with Crippen LogP contribution in [0.3, 0.4) is 0 Å². The minimum Gasteiger partial charge on any atom is -0.470 e. The molecule has 2 aromatic rings. The number of benzene rings is 1.